The molecule has 1 saturated heterocycles. The van der Waals surface area contributed by atoms with E-state index >= 15 is 0 Å². The summed E-state index contributed by atoms with van der Waals surface area (Å²) in [5.41, 5.74) is 6.44. The molecule has 1 aromatic rings. The average molecular weight is 265 g/mol. The number of aromatic amines is 1. The highest BCUT2D eigenvalue weighted by atomic mass is 16.2. The Morgan fingerprint density at radius 2 is 2.37 bits per heavy atom. The van der Waals surface area contributed by atoms with Crippen molar-refractivity contribution < 1.29 is 9.59 Å². The zero-order valence-electron chi connectivity index (χ0n) is 11.0. The molecule has 0 saturated carbocycles. The van der Waals surface area contributed by atoms with Gasteiger partial charge in [-0.05, 0) is 26.3 Å². The van der Waals surface area contributed by atoms with Gasteiger partial charge in [0.25, 0.3) is 5.91 Å². The maximum atomic E-state index is 12.5. The van der Waals surface area contributed by atoms with Crippen LogP contribution in [0.25, 0.3) is 0 Å². The fourth-order valence-corrected chi connectivity index (χ4v) is 2.36. The van der Waals surface area contributed by atoms with Crippen molar-refractivity contribution in [3.63, 3.8) is 0 Å². The molecule has 104 valence electrons. The maximum Gasteiger partial charge on any atom is 0.258 e. The Morgan fingerprint density at radius 1 is 1.58 bits per heavy atom. The third-order valence-corrected chi connectivity index (χ3v) is 3.36. The summed E-state index contributed by atoms with van der Waals surface area (Å²) in [6.45, 7) is 3.35. The predicted octanol–water partition coefficient (Wildman–Crippen LogP) is -0.602. The number of aryl methyl sites for hydroxylation is 1. The SMILES string of the molecule is Cc1[nH]ncc1C(=O)N(CC(N)=O)C1CCCNC1. The van der Waals surface area contributed by atoms with E-state index in [4.69, 9.17) is 5.73 Å². The summed E-state index contributed by atoms with van der Waals surface area (Å²) in [5, 5.41) is 9.81. The summed E-state index contributed by atoms with van der Waals surface area (Å²) >= 11 is 0. The van der Waals surface area contributed by atoms with Crippen LogP contribution in [-0.4, -0.2) is 52.6 Å². The van der Waals surface area contributed by atoms with E-state index in [0.717, 1.165) is 19.4 Å². The first-order valence-electron chi connectivity index (χ1n) is 6.39. The molecule has 0 radical (unpaired) electrons. The van der Waals surface area contributed by atoms with Crippen LogP contribution in [0.1, 0.15) is 28.9 Å². The Balaban J connectivity index is 2.19. The van der Waals surface area contributed by atoms with E-state index in [1.807, 2.05) is 0 Å². The summed E-state index contributed by atoms with van der Waals surface area (Å²) in [6.07, 6.45) is 3.35. The monoisotopic (exact) mass is 265 g/mol. The van der Waals surface area contributed by atoms with Gasteiger partial charge in [-0.25, -0.2) is 0 Å². The molecule has 0 spiro atoms. The maximum absolute atomic E-state index is 12.5. The summed E-state index contributed by atoms with van der Waals surface area (Å²) in [6, 6.07) is 0.00282. The Hall–Kier alpha value is -1.89. The van der Waals surface area contributed by atoms with Crippen molar-refractivity contribution in [2.24, 2.45) is 5.73 Å². The van der Waals surface area contributed by atoms with Gasteiger partial charge in [-0.1, -0.05) is 0 Å². The molecule has 2 rings (SSSR count). The minimum atomic E-state index is -0.500. The van der Waals surface area contributed by atoms with Gasteiger partial charge in [0, 0.05) is 18.3 Å². The first-order chi connectivity index (χ1) is 9.09. The number of nitrogens with one attached hydrogen (secondary N) is 2. The number of piperidine rings is 1. The quantitative estimate of drug-likeness (QED) is 0.676. The predicted molar refractivity (Wildman–Crippen MR) is 69.4 cm³/mol. The molecule has 1 unspecified atom stereocenters. The smallest absolute Gasteiger partial charge is 0.258 e. The summed E-state index contributed by atoms with van der Waals surface area (Å²) < 4.78 is 0. The number of hydrogen-bond donors (Lipinski definition) is 3. The Morgan fingerprint density at radius 3 is 2.89 bits per heavy atom. The summed E-state index contributed by atoms with van der Waals surface area (Å²) in [5.74, 6) is -0.696. The van der Waals surface area contributed by atoms with Crippen molar-refractivity contribution in [1.82, 2.24) is 20.4 Å². The third kappa shape index (κ3) is 3.11. The molecule has 2 heterocycles. The second-order valence-electron chi connectivity index (χ2n) is 4.81. The van der Waals surface area contributed by atoms with E-state index in [1.54, 1.807) is 11.8 Å². The van der Waals surface area contributed by atoms with Crippen molar-refractivity contribution in [2.45, 2.75) is 25.8 Å². The zero-order chi connectivity index (χ0) is 13.8. The Labute approximate surface area is 111 Å². The standard InChI is InChI=1S/C12H19N5O2/c1-8-10(6-15-16-8)12(19)17(7-11(13)18)9-3-2-4-14-5-9/h6,9,14H,2-5,7H2,1H3,(H2,13,18)(H,15,16). The van der Waals surface area contributed by atoms with Crippen LogP contribution < -0.4 is 11.1 Å². The van der Waals surface area contributed by atoms with E-state index in [1.165, 1.54) is 6.20 Å². The zero-order valence-corrected chi connectivity index (χ0v) is 11.0. The normalized spacial score (nSPS) is 19.1. The van der Waals surface area contributed by atoms with Crippen LogP contribution in [0, 0.1) is 6.92 Å². The van der Waals surface area contributed by atoms with Crippen LogP contribution in [-0.2, 0) is 4.79 Å². The fraction of sp³-hybridized carbons (Fsp3) is 0.583. The van der Waals surface area contributed by atoms with Crippen LogP contribution in [0.4, 0.5) is 0 Å². The molecule has 1 aliphatic heterocycles. The Kier molecular flexibility index (Phi) is 4.16. The van der Waals surface area contributed by atoms with Crippen LogP contribution in [0.2, 0.25) is 0 Å². The highest BCUT2D eigenvalue weighted by Gasteiger charge is 2.28. The second-order valence-corrected chi connectivity index (χ2v) is 4.81. The van der Waals surface area contributed by atoms with Crippen molar-refractivity contribution in [3.05, 3.63) is 17.5 Å². The molecule has 1 fully saturated rings. The lowest BCUT2D eigenvalue weighted by atomic mass is 10.0. The third-order valence-electron chi connectivity index (χ3n) is 3.36. The van der Waals surface area contributed by atoms with Crippen molar-refractivity contribution in [3.8, 4) is 0 Å². The number of amides is 2. The van der Waals surface area contributed by atoms with E-state index in [9.17, 15) is 9.59 Å². The molecule has 19 heavy (non-hydrogen) atoms. The van der Waals surface area contributed by atoms with E-state index in [0.29, 0.717) is 17.8 Å². The van der Waals surface area contributed by atoms with Gasteiger partial charge in [-0.3, -0.25) is 14.7 Å². The average Bonchev–Trinajstić information content (AvgIpc) is 2.82. The molecule has 4 N–H and O–H groups in total. The lowest BCUT2D eigenvalue weighted by molar-refractivity contribution is -0.119. The van der Waals surface area contributed by atoms with Crippen LogP contribution in [0.5, 0.6) is 0 Å². The van der Waals surface area contributed by atoms with E-state index in [-0.39, 0.29) is 18.5 Å². The topological polar surface area (TPSA) is 104 Å². The van der Waals surface area contributed by atoms with Gasteiger partial charge in [-0.2, -0.15) is 5.10 Å². The van der Waals surface area contributed by atoms with Crippen LogP contribution >= 0.6 is 0 Å². The lowest BCUT2D eigenvalue weighted by Gasteiger charge is -2.33. The number of rotatable bonds is 4. The number of nitrogens with two attached hydrogens (primary N) is 1. The molecule has 0 bridgehead atoms. The molecule has 0 aromatic carbocycles. The number of nitrogens with zero attached hydrogens (tertiary/aromatic N) is 2. The minimum Gasteiger partial charge on any atom is -0.368 e. The van der Waals surface area contributed by atoms with Gasteiger partial charge in [0.1, 0.15) is 0 Å². The lowest BCUT2D eigenvalue weighted by Crippen LogP contribution is -2.51. The highest BCUT2D eigenvalue weighted by molar-refractivity contribution is 5.97. The van der Waals surface area contributed by atoms with Crippen molar-refractivity contribution >= 4 is 11.8 Å². The number of carbonyl (C=O) groups is 2. The Bertz CT molecular complexity index is 464. The first-order valence-corrected chi connectivity index (χ1v) is 6.39. The van der Waals surface area contributed by atoms with Crippen molar-refractivity contribution in [1.29, 1.82) is 0 Å². The molecule has 0 aliphatic carbocycles. The van der Waals surface area contributed by atoms with Gasteiger partial charge in [0.15, 0.2) is 0 Å². The van der Waals surface area contributed by atoms with Crippen LogP contribution in [0.3, 0.4) is 0 Å². The highest BCUT2D eigenvalue weighted by Crippen LogP contribution is 2.15. The van der Waals surface area contributed by atoms with Gasteiger partial charge in [0.2, 0.25) is 5.91 Å². The minimum absolute atomic E-state index is 0.00282. The molecule has 7 heteroatoms. The molecule has 1 aromatic heterocycles. The molecule has 7 nitrogen and oxygen atoms in total. The van der Waals surface area contributed by atoms with Crippen molar-refractivity contribution in [2.75, 3.05) is 19.6 Å². The number of hydrogen-bond acceptors (Lipinski definition) is 4. The first kappa shape index (κ1) is 13.5. The van der Waals surface area contributed by atoms with E-state index in [2.05, 4.69) is 15.5 Å². The van der Waals surface area contributed by atoms with Gasteiger partial charge < -0.3 is 16.0 Å². The van der Waals surface area contributed by atoms with Gasteiger partial charge in [0.05, 0.1) is 18.3 Å². The number of H-pyrrole nitrogens is 1. The molecular weight excluding hydrogens is 246 g/mol. The molecule has 2 amide bonds. The summed E-state index contributed by atoms with van der Waals surface area (Å²) in [4.78, 5) is 25.2. The molecule has 1 aliphatic rings. The van der Waals surface area contributed by atoms with E-state index < -0.39 is 5.91 Å². The number of primary amides is 1. The van der Waals surface area contributed by atoms with Crippen LogP contribution in [0.15, 0.2) is 6.20 Å². The van der Waals surface area contributed by atoms with Gasteiger partial charge in [-0.15, -0.1) is 0 Å². The largest absolute Gasteiger partial charge is 0.368 e. The van der Waals surface area contributed by atoms with Gasteiger partial charge >= 0.3 is 0 Å². The fourth-order valence-electron chi connectivity index (χ4n) is 2.36. The second kappa shape index (κ2) is 5.83. The molecule has 1 atom stereocenters. The number of aromatic nitrogens is 2. The summed E-state index contributed by atoms with van der Waals surface area (Å²) in [7, 11) is 0. The molecular formula is C12H19N5O2. The number of carbonyl (C=O) groups excluding carboxylic acids is 2.